The Kier molecular flexibility index (Phi) is 5.95. The van der Waals surface area contributed by atoms with Crippen LogP contribution >= 0.6 is 0 Å². The summed E-state index contributed by atoms with van der Waals surface area (Å²) in [5.74, 6) is -0.0573. The Balaban J connectivity index is 1.86. The molecule has 0 spiro atoms. The van der Waals surface area contributed by atoms with Crippen molar-refractivity contribution in [2.45, 2.75) is 24.2 Å². The van der Waals surface area contributed by atoms with E-state index in [1.54, 1.807) is 7.05 Å². The maximum atomic E-state index is 12.9. The van der Waals surface area contributed by atoms with Crippen LogP contribution in [0.25, 0.3) is 0 Å². The molecule has 1 aromatic rings. The number of amides is 2. The fourth-order valence-electron chi connectivity index (χ4n) is 2.67. The maximum absolute atomic E-state index is 12.9. The molecule has 8 heteroatoms. The highest BCUT2D eigenvalue weighted by Crippen LogP contribution is 2.25. The molecular weight excluding hydrogens is 321 g/mol. The Morgan fingerprint density at radius 3 is 2.43 bits per heavy atom. The third-order valence-corrected chi connectivity index (χ3v) is 6.00. The number of piperidine rings is 1. The monoisotopic (exact) mass is 343 g/mol. The second-order valence-electron chi connectivity index (χ2n) is 5.60. The summed E-state index contributed by atoms with van der Waals surface area (Å²) in [4.78, 5) is 11.2. The molecule has 1 fully saturated rings. The van der Waals surface area contributed by atoms with Crippen LogP contribution in [-0.4, -0.2) is 45.4 Å². The van der Waals surface area contributed by atoms with Crippen LogP contribution < -0.4 is 10.6 Å². The van der Waals surface area contributed by atoms with Gasteiger partial charge in [-0.15, -0.1) is 0 Å². The smallest absolute Gasteiger partial charge is 0.314 e. The number of carbonyl (C=O) groups excluding carboxylic acids is 1. The van der Waals surface area contributed by atoms with Crippen LogP contribution in [0.5, 0.6) is 0 Å². The number of rotatable bonds is 5. The standard InChI is InChI=1S/C15H22FN3O3S/c1-17-15(20)18-9-6-12-7-10-19(11-8-12)23(21,22)14-4-2-13(16)3-5-14/h2-5,12H,6-11H2,1H3,(H2,17,18,20). The number of carbonyl (C=O) groups is 1. The summed E-state index contributed by atoms with van der Waals surface area (Å²) in [5, 5.41) is 5.22. The number of nitrogens with one attached hydrogen (secondary N) is 2. The van der Waals surface area contributed by atoms with E-state index in [1.165, 1.54) is 16.4 Å². The zero-order valence-electron chi connectivity index (χ0n) is 13.1. The topological polar surface area (TPSA) is 78.5 Å². The first kappa shape index (κ1) is 17.7. The minimum absolute atomic E-state index is 0.124. The van der Waals surface area contributed by atoms with E-state index < -0.39 is 15.8 Å². The molecule has 23 heavy (non-hydrogen) atoms. The van der Waals surface area contributed by atoms with Crippen LogP contribution in [0.1, 0.15) is 19.3 Å². The van der Waals surface area contributed by atoms with E-state index in [0.29, 0.717) is 25.6 Å². The van der Waals surface area contributed by atoms with Gasteiger partial charge in [-0.25, -0.2) is 17.6 Å². The molecule has 6 nitrogen and oxygen atoms in total. The largest absolute Gasteiger partial charge is 0.341 e. The zero-order valence-corrected chi connectivity index (χ0v) is 13.9. The number of nitrogens with zero attached hydrogens (tertiary/aromatic N) is 1. The highest BCUT2D eigenvalue weighted by molar-refractivity contribution is 7.89. The molecule has 2 rings (SSSR count). The Bertz CT molecular complexity index is 626. The minimum Gasteiger partial charge on any atom is -0.341 e. The summed E-state index contributed by atoms with van der Waals surface area (Å²) < 4.78 is 39.3. The molecule has 128 valence electrons. The van der Waals surface area contributed by atoms with Crippen molar-refractivity contribution in [2.24, 2.45) is 5.92 Å². The van der Waals surface area contributed by atoms with E-state index >= 15 is 0 Å². The highest BCUT2D eigenvalue weighted by atomic mass is 32.2. The second kappa shape index (κ2) is 7.74. The van der Waals surface area contributed by atoms with E-state index in [-0.39, 0.29) is 10.9 Å². The van der Waals surface area contributed by atoms with Gasteiger partial charge in [-0.3, -0.25) is 0 Å². The van der Waals surface area contributed by atoms with Crippen molar-refractivity contribution in [3.05, 3.63) is 30.1 Å². The molecule has 0 saturated carbocycles. The van der Waals surface area contributed by atoms with Crippen LogP contribution in [0.2, 0.25) is 0 Å². The van der Waals surface area contributed by atoms with Crippen molar-refractivity contribution in [1.29, 1.82) is 0 Å². The summed E-state index contributed by atoms with van der Waals surface area (Å²) in [6, 6.07) is 4.70. The lowest BCUT2D eigenvalue weighted by molar-refractivity contribution is 0.237. The van der Waals surface area contributed by atoms with Crippen LogP contribution in [0.15, 0.2) is 29.2 Å². The average Bonchev–Trinajstić information content (AvgIpc) is 2.55. The van der Waals surface area contributed by atoms with Crippen molar-refractivity contribution >= 4 is 16.1 Å². The van der Waals surface area contributed by atoms with Gasteiger partial charge < -0.3 is 10.6 Å². The summed E-state index contributed by atoms with van der Waals surface area (Å²) in [7, 11) is -1.99. The summed E-state index contributed by atoms with van der Waals surface area (Å²) in [6.07, 6.45) is 2.35. The predicted molar refractivity (Wildman–Crippen MR) is 85.0 cm³/mol. The molecule has 1 aliphatic heterocycles. The Hall–Kier alpha value is -1.67. The first-order valence-electron chi connectivity index (χ1n) is 7.65. The SMILES string of the molecule is CNC(=O)NCCC1CCN(S(=O)(=O)c2ccc(F)cc2)CC1. The Morgan fingerprint density at radius 2 is 1.87 bits per heavy atom. The lowest BCUT2D eigenvalue weighted by atomic mass is 9.95. The molecule has 2 amide bonds. The number of sulfonamides is 1. The normalized spacial score (nSPS) is 17.0. The van der Waals surface area contributed by atoms with Gasteiger partial charge in [0.15, 0.2) is 0 Å². The number of halogens is 1. The molecule has 1 aliphatic rings. The predicted octanol–water partition coefficient (Wildman–Crippen LogP) is 1.55. The molecule has 0 radical (unpaired) electrons. The summed E-state index contributed by atoms with van der Waals surface area (Å²) in [5.41, 5.74) is 0. The lowest BCUT2D eigenvalue weighted by Gasteiger charge is -2.31. The minimum atomic E-state index is -3.55. The second-order valence-corrected chi connectivity index (χ2v) is 7.53. The van der Waals surface area contributed by atoms with E-state index in [9.17, 15) is 17.6 Å². The number of urea groups is 1. The number of hydrogen-bond acceptors (Lipinski definition) is 3. The summed E-state index contributed by atoms with van der Waals surface area (Å²) >= 11 is 0. The fraction of sp³-hybridized carbons (Fsp3) is 0.533. The van der Waals surface area contributed by atoms with Gasteiger partial charge >= 0.3 is 6.03 Å². The van der Waals surface area contributed by atoms with Gasteiger partial charge in [0.05, 0.1) is 4.90 Å². The molecule has 1 heterocycles. The van der Waals surface area contributed by atoms with E-state index in [2.05, 4.69) is 10.6 Å². The van der Waals surface area contributed by atoms with Crippen molar-refractivity contribution in [3.8, 4) is 0 Å². The molecule has 2 N–H and O–H groups in total. The maximum Gasteiger partial charge on any atom is 0.314 e. The Morgan fingerprint density at radius 1 is 1.26 bits per heavy atom. The third kappa shape index (κ3) is 4.65. The van der Waals surface area contributed by atoms with Gasteiger partial charge in [0.1, 0.15) is 5.82 Å². The van der Waals surface area contributed by atoms with E-state index in [0.717, 1.165) is 31.4 Å². The van der Waals surface area contributed by atoms with Crippen LogP contribution in [0.4, 0.5) is 9.18 Å². The van der Waals surface area contributed by atoms with Crippen molar-refractivity contribution in [2.75, 3.05) is 26.7 Å². The van der Waals surface area contributed by atoms with Crippen LogP contribution in [0.3, 0.4) is 0 Å². The fourth-order valence-corrected chi connectivity index (χ4v) is 4.14. The lowest BCUT2D eigenvalue weighted by Crippen LogP contribution is -2.39. The molecule has 1 aromatic carbocycles. The molecule has 0 unspecified atom stereocenters. The third-order valence-electron chi connectivity index (χ3n) is 4.09. The van der Waals surface area contributed by atoms with E-state index in [1.807, 2.05) is 0 Å². The molecular formula is C15H22FN3O3S. The van der Waals surface area contributed by atoms with E-state index in [4.69, 9.17) is 0 Å². The van der Waals surface area contributed by atoms with Gasteiger partial charge in [0.2, 0.25) is 10.0 Å². The first-order chi connectivity index (χ1) is 10.9. The van der Waals surface area contributed by atoms with Gasteiger partial charge in [-0.1, -0.05) is 0 Å². The summed E-state index contributed by atoms with van der Waals surface area (Å²) in [6.45, 7) is 1.48. The first-order valence-corrected chi connectivity index (χ1v) is 9.09. The van der Waals surface area contributed by atoms with Gasteiger partial charge in [0, 0.05) is 26.7 Å². The molecule has 0 atom stereocenters. The molecule has 0 bridgehead atoms. The zero-order chi connectivity index (χ0) is 16.9. The van der Waals surface area contributed by atoms with Crippen molar-refractivity contribution in [1.82, 2.24) is 14.9 Å². The molecule has 1 saturated heterocycles. The average molecular weight is 343 g/mol. The van der Waals surface area contributed by atoms with Gasteiger partial charge in [0.25, 0.3) is 0 Å². The van der Waals surface area contributed by atoms with Gasteiger partial charge in [-0.05, 0) is 49.4 Å². The van der Waals surface area contributed by atoms with Crippen molar-refractivity contribution in [3.63, 3.8) is 0 Å². The van der Waals surface area contributed by atoms with Crippen LogP contribution in [-0.2, 0) is 10.0 Å². The van der Waals surface area contributed by atoms with Crippen molar-refractivity contribution < 1.29 is 17.6 Å². The number of benzene rings is 1. The molecule has 0 aromatic heterocycles. The van der Waals surface area contributed by atoms with Crippen LogP contribution in [0, 0.1) is 11.7 Å². The molecule has 0 aliphatic carbocycles. The quantitative estimate of drug-likeness (QED) is 0.851. The van der Waals surface area contributed by atoms with Gasteiger partial charge in [-0.2, -0.15) is 4.31 Å². The Labute approximate surface area is 136 Å². The highest BCUT2D eigenvalue weighted by Gasteiger charge is 2.29. The number of hydrogen-bond donors (Lipinski definition) is 2.